The minimum atomic E-state index is -1.22. The topological polar surface area (TPSA) is 108 Å². The molecule has 1 heterocycles. The summed E-state index contributed by atoms with van der Waals surface area (Å²) in [5.74, 6) is -0.0416. The van der Waals surface area contributed by atoms with Crippen LogP contribution in [-0.2, 0) is 9.47 Å². The Labute approximate surface area is 118 Å². The van der Waals surface area contributed by atoms with E-state index >= 15 is 0 Å². The molecule has 0 aromatic heterocycles. The first-order valence-corrected chi connectivity index (χ1v) is 6.59. The zero-order valence-electron chi connectivity index (χ0n) is 11.7. The van der Waals surface area contributed by atoms with Gasteiger partial charge in [-0.2, -0.15) is 0 Å². The van der Waals surface area contributed by atoms with Crippen LogP contribution in [0.4, 0.5) is 4.79 Å². The first-order chi connectivity index (χ1) is 9.42. The predicted molar refractivity (Wildman–Crippen MR) is 71.1 cm³/mol. The number of hydrogen-bond donors (Lipinski definition) is 4. The van der Waals surface area contributed by atoms with Crippen LogP contribution in [0.2, 0.25) is 0 Å². The third kappa shape index (κ3) is 3.92. The van der Waals surface area contributed by atoms with Gasteiger partial charge in [0.05, 0.1) is 18.8 Å². The first-order valence-electron chi connectivity index (χ1n) is 6.59. The molecule has 0 aromatic carbocycles. The second kappa shape index (κ2) is 7.58. The second-order valence-electron chi connectivity index (χ2n) is 5.10. The molecule has 5 atom stereocenters. The zero-order chi connectivity index (χ0) is 15.3. The van der Waals surface area contributed by atoms with Gasteiger partial charge in [-0.15, -0.1) is 0 Å². The number of aliphatic hydroxyl groups is 3. The number of carbonyl (C=O) groups excluding carboxylic acids is 1. The molecule has 1 rings (SSSR count). The van der Waals surface area contributed by atoms with E-state index in [2.05, 4.69) is 11.9 Å². The maximum Gasteiger partial charge on any atom is 0.407 e. The quantitative estimate of drug-likeness (QED) is 0.504. The highest BCUT2D eigenvalue weighted by molar-refractivity contribution is 5.68. The van der Waals surface area contributed by atoms with Crippen LogP contribution in [0, 0.1) is 5.92 Å². The average molecular weight is 289 g/mol. The fourth-order valence-corrected chi connectivity index (χ4v) is 2.19. The smallest absolute Gasteiger partial charge is 0.407 e. The Morgan fingerprint density at radius 1 is 1.45 bits per heavy atom. The van der Waals surface area contributed by atoms with E-state index in [9.17, 15) is 20.1 Å². The van der Waals surface area contributed by atoms with Crippen molar-refractivity contribution in [3.05, 3.63) is 12.7 Å². The summed E-state index contributed by atoms with van der Waals surface area (Å²) in [4.78, 5) is 11.5. The summed E-state index contributed by atoms with van der Waals surface area (Å²) < 4.78 is 10.2. The molecule has 1 aliphatic heterocycles. The molecule has 1 fully saturated rings. The minimum absolute atomic E-state index is 0.0261. The number of rotatable bonds is 5. The lowest BCUT2D eigenvalue weighted by molar-refractivity contribution is -0.204. The van der Waals surface area contributed by atoms with Gasteiger partial charge in [-0.25, -0.2) is 4.79 Å². The molecule has 0 aromatic rings. The molecule has 20 heavy (non-hydrogen) atoms. The Bertz CT molecular complexity index is 335. The van der Waals surface area contributed by atoms with E-state index in [0.29, 0.717) is 0 Å². The van der Waals surface area contributed by atoms with E-state index in [1.54, 1.807) is 0 Å². The monoisotopic (exact) mass is 289 g/mol. The van der Waals surface area contributed by atoms with Gasteiger partial charge in [-0.1, -0.05) is 26.5 Å². The van der Waals surface area contributed by atoms with Crippen LogP contribution in [0.3, 0.4) is 0 Å². The van der Waals surface area contributed by atoms with E-state index in [4.69, 9.17) is 9.47 Å². The van der Waals surface area contributed by atoms with E-state index in [1.165, 1.54) is 6.08 Å². The number of ether oxygens (including phenoxy) is 2. The molecule has 2 unspecified atom stereocenters. The molecule has 0 spiro atoms. The van der Waals surface area contributed by atoms with Crippen molar-refractivity contribution in [3.8, 4) is 0 Å². The summed E-state index contributed by atoms with van der Waals surface area (Å²) >= 11 is 0. The van der Waals surface area contributed by atoms with Crippen LogP contribution in [0.25, 0.3) is 0 Å². The highest BCUT2D eigenvalue weighted by atomic mass is 16.6. The van der Waals surface area contributed by atoms with E-state index in [-0.39, 0.29) is 12.5 Å². The van der Waals surface area contributed by atoms with Crippen molar-refractivity contribution in [1.82, 2.24) is 5.32 Å². The molecular weight excluding hydrogens is 266 g/mol. The summed E-state index contributed by atoms with van der Waals surface area (Å²) in [7, 11) is 0. The zero-order valence-corrected chi connectivity index (χ0v) is 11.7. The first kappa shape index (κ1) is 16.9. The summed E-state index contributed by atoms with van der Waals surface area (Å²) in [6.45, 7) is 6.71. The van der Waals surface area contributed by atoms with Crippen LogP contribution in [0.5, 0.6) is 0 Å². The van der Waals surface area contributed by atoms with Crippen molar-refractivity contribution in [1.29, 1.82) is 0 Å². The van der Waals surface area contributed by atoms with Crippen molar-refractivity contribution in [2.75, 3.05) is 13.2 Å². The third-order valence-corrected chi connectivity index (χ3v) is 3.24. The molecule has 4 N–H and O–H groups in total. The Kier molecular flexibility index (Phi) is 6.41. The largest absolute Gasteiger partial charge is 0.445 e. The fraction of sp³-hybridized carbons (Fsp3) is 0.769. The van der Waals surface area contributed by atoms with Crippen LogP contribution >= 0.6 is 0 Å². The van der Waals surface area contributed by atoms with Crippen molar-refractivity contribution < 1.29 is 29.6 Å². The normalized spacial score (nSPS) is 33.8. The highest BCUT2D eigenvalue weighted by Gasteiger charge is 2.46. The average Bonchev–Trinajstić information content (AvgIpc) is 2.41. The van der Waals surface area contributed by atoms with Gasteiger partial charge in [-0.3, -0.25) is 0 Å². The SMILES string of the molecule is C=CCOC(=O)N[C@@H]1C(O)[C@H](C(C)C)OC(CO)[C@H]1O. The van der Waals surface area contributed by atoms with Crippen molar-refractivity contribution in [3.63, 3.8) is 0 Å². The molecule has 0 saturated carbocycles. The Morgan fingerprint density at radius 2 is 2.10 bits per heavy atom. The number of aliphatic hydroxyl groups excluding tert-OH is 3. The van der Waals surface area contributed by atoms with Gasteiger partial charge < -0.3 is 30.1 Å². The summed E-state index contributed by atoms with van der Waals surface area (Å²) in [5, 5.41) is 31.9. The van der Waals surface area contributed by atoms with Crippen molar-refractivity contribution in [2.24, 2.45) is 5.92 Å². The minimum Gasteiger partial charge on any atom is -0.445 e. The number of hydrogen-bond acceptors (Lipinski definition) is 6. The molecular formula is C13H23NO6. The standard InChI is InChI=1S/C13H23NO6/c1-4-5-19-13(18)14-9-10(16)8(6-15)20-12(7(2)3)11(9)17/h4,7-12,15-17H,1,5-6H2,2-3H3,(H,14,18)/t8?,9-,10+,11?,12-/m0/s1. The third-order valence-electron chi connectivity index (χ3n) is 3.24. The highest BCUT2D eigenvalue weighted by Crippen LogP contribution is 2.25. The Hall–Kier alpha value is -1.15. The molecule has 7 nitrogen and oxygen atoms in total. The van der Waals surface area contributed by atoms with Gasteiger partial charge >= 0.3 is 6.09 Å². The van der Waals surface area contributed by atoms with Gasteiger partial charge in [0.15, 0.2) is 0 Å². The molecule has 0 bridgehead atoms. The Balaban J connectivity index is 2.77. The lowest BCUT2D eigenvalue weighted by atomic mass is 9.88. The molecule has 116 valence electrons. The number of nitrogens with one attached hydrogen (secondary N) is 1. The van der Waals surface area contributed by atoms with Crippen LogP contribution in [-0.4, -0.2) is 65.1 Å². The number of alkyl carbamates (subject to hydrolysis) is 1. The fourth-order valence-electron chi connectivity index (χ4n) is 2.19. The lowest BCUT2D eigenvalue weighted by Gasteiger charge is -2.43. The summed E-state index contributed by atoms with van der Waals surface area (Å²) in [5.41, 5.74) is 0. The number of amides is 1. The predicted octanol–water partition coefficient (Wildman–Crippen LogP) is -0.595. The summed E-state index contributed by atoms with van der Waals surface area (Å²) in [6, 6.07) is -0.967. The molecule has 1 saturated heterocycles. The van der Waals surface area contributed by atoms with Gasteiger partial charge in [0, 0.05) is 0 Å². The van der Waals surface area contributed by atoms with Gasteiger partial charge in [0.1, 0.15) is 24.9 Å². The lowest BCUT2D eigenvalue weighted by Crippen LogP contribution is -2.65. The van der Waals surface area contributed by atoms with Crippen LogP contribution in [0.15, 0.2) is 12.7 Å². The van der Waals surface area contributed by atoms with Crippen LogP contribution in [0.1, 0.15) is 13.8 Å². The second-order valence-corrected chi connectivity index (χ2v) is 5.10. The van der Waals surface area contributed by atoms with Crippen molar-refractivity contribution in [2.45, 2.75) is 44.3 Å². The Morgan fingerprint density at radius 3 is 2.60 bits per heavy atom. The van der Waals surface area contributed by atoms with Crippen molar-refractivity contribution >= 4 is 6.09 Å². The maximum atomic E-state index is 11.5. The van der Waals surface area contributed by atoms with E-state index < -0.39 is 43.2 Å². The number of carbonyl (C=O) groups is 1. The molecule has 1 aliphatic rings. The molecule has 7 heteroatoms. The molecule has 1 amide bonds. The van der Waals surface area contributed by atoms with E-state index in [1.807, 2.05) is 13.8 Å². The summed E-state index contributed by atoms with van der Waals surface area (Å²) in [6.07, 6.45) is -3.14. The van der Waals surface area contributed by atoms with Gasteiger partial charge in [0.2, 0.25) is 0 Å². The molecule has 0 radical (unpaired) electrons. The van der Waals surface area contributed by atoms with E-state index in [0.717, 1.165) is 0 Å². The van der Waals surface area contributed by atoms with Gasteiger partial charge in [-0.05, 0) is 5.92 Å². The maximum absolute atomic E-state index is 11.5. The van der Waals surface area contributed by atoms with Crippen LogP contribution < -0.4 is 5.32 Å². The molecule has 0 aliphatic carbocycles. The van der Waals surface area contributed by atoms with Gasteiger partial charge in [0.25, 0.3) is 0 Å².